The predicted molar refractivity (Wildman–Crippen MR) is 70.3 cm³/mol. The Kier molecular flexibility index (Phi) is 4.07. The lowest BCUT2D eigenvalue weighted by atomic mass is 10.1. The Hall–Kier alpha value is -1.29. The van der Waals surface area contributed by atoms with E-state index in [0.29, 0.717) is 18.3 Å². The molecule has 1 saturated carbocycles. The molecule has 0 heterocycles. The third-order valence-corrected chi connectivity index (χ3v) is 3.60. The molecule has 5 heteroatoms. The molecule has 0 radical (unpaired) electrons. The van der Waals surface area contributed by atoms with E-state index in [-0.39, 0.29) is 11.1 Å². The van der Waals surface area contributed by atoms with E-state index in [1.54, 1.807) is 12.1 Å². The summed E-state index contributed by atoms with van der Waals surface area (Å²) in [6.07, 6.45) is 3.13. The van der Waals surface area contributed by atoms with Gasteiger partial charge in [-0.3, -0.25) is 10.1 Å². The van der Waals surface area contributed by atoms with Crippen LogP contribution in [0.5, 0.6) is 5.75 Å². The number of nitro groups is 1. The Morgan fingerprint density at radius 2 is 2.28 bits per heavy atom. The molecule has 1 atom stereocenters. The maximum absolute atomic E-state index is 10.8. The minimum atomic E-state index is -0.423. The highest BCUT2D eigenvalue weighted by Crippen LogP contribution is 2.38. The highest BCUT2D eigenvalue weighted by Gasteiger charge is 2.30. The van der Waals surface area contributed by atoms with E-state index in [4.69, 9.17) is 16.3 Å². The minimum absolute atomic E-state index is 0.0122. The largest absolute Gasteiger partial charge is 0.487 e. The second-order valence-corrected chi connectivity index (χ2v) is 5.11. The molecule has 0 saturated heterocycles. The van der Waals surface area contributed by atoms with Crippen LogP contribution in [0, 0.1) is 16.0 Å². The monoisotopic (exact) mass is 269 g/mol. The smallest absolute Gasteiger partial charge is 0.310 e. The number of hydrogen-bond donors (Lipinski definition) is 0. The van der Waals surface area contributed by atoms with Gasteiger partial charge in [-0.15, -0.1) is 11.6 Å². The highest BCUT2D eigenvalue weighted by molar-refractivity contribution is 6.21. The van der Waals surface area contributed by atoms with Gasteiger partial charge >= 0.3 is 5.69 Å². The summed E-state index contributed by atoms with van der Waals surface area (Å²) in [5.74, 6) is 0.942. The van der Waals surface area contributed by atoms with E-state index < -0.39 is 4.92 Å². The molecule has 4 nitrogen and oxygen atoms in total. The SMILES string of the molecule is CCOc1cc(CC(Cl)C2CC2)ccc1[N+](=O)[O-]. The summed E-state index contributed by atoms with van der Waals surface area (Å²) in [5, 5.41) is 11.0. The Balaban J connectivity index is 2.16. The fourth-order valence-electron chi connectivity index (χ4n) is 1.96. The van der Waals surface area contributed by atoms with Crippen LogP contribution in [0.2, 0.25) is 0 Å². The summed E-state index contributed by atoms with van der Waals surface area (Å²) < 4.78 is 5.31. The zero-order valence-electron chi connectivity index (χ0n) is 10.3. The van der Waals surface area contributed by atoms with Crippen LogP contribution in [0.4, 0.5) is 5.69 Å². The first-order valence-corrected chi connectivity index (χ1v) is 6.59. The van der Waals surface area contributed by atoms with E-state index in [0.717, 1.165) is 12.0 Å². The maximum Gasteiger partial charge on any atom is 0.310 e. The van der Waals surface area contributed by atoms with Gasteiger partial charge in [0, 0.05) is 11.4 Å². The summed E-state index contributed by atoms with van der Waals surface area (Å²) in [4.78, 5) is 10.4. The molecule has 0 spiro atoms. The van der Waals surface area contributed by atoms with Gasteiger partial charge in [0.25, 0.3) is 0 Å². The molecule has 1 aliphatic rings. The zero-order valence-corrected chi connectivity index (χ0v) is 11.0. The first-order valence-electron chi connectivity index (χ1n) is 6.16. The summed E-state index contributed by atoms with van der Waals surface area (Å²) in [5.41, 5.74) is 1.01. The number of ether oxygens (including phenoxy) is 1. The van der Waals surface area contributed by atoms with Crippen molar-refractivity contribution in [1.29, 1.82) is 0 Å². The average Bonchev–Trinajstić information content (AvgIpc) is 3.13. The van der Waals surface area contributed by atoms with Crippen molar-refractivity contribution in [3.05, 3.63) is 33.9 Å². The molecular weight excluding hydrogens is 254 g/mol. The molecule has 0 amide bonds. The summed E-state index contributed by atoms with van der Waals surface area (Å²) in [6.45, 7) is 2.22. The second kappa shape index (κ2) is 5.57. The van der Waals surface area contributed by atoms with Crippen molar-refractivity contribution in [3.8, 4) is 5.75 Å². The molecule has 0 N–H and O–H groups in total. The van der Waals surface area contributed by atoms with Crippen molar-refractivity contribution in [2.75, 3.05) is 6.61 Å². The van der Waals surface area contributed by atoms with Crippen molar-refractivity contribution < 1.29 is 9.66 Å². The number of nitrogens with zero attached hydrogens (tertiary/aromatic N) is 1. The van der Waals surface area contributed by atoms with Crippen molar-refractivity contribution in [2.24, 2.45) is 5.92 Å². The topological polar surface area (TPSA) is 52.4 Å². The summed E-state index contributed by atoms with van der Waals surface area (Å²) >= 11 is 6.27. The lowest BCUT2D eigenvalue weighted by Crippen LogP contribution is -2.06. The molecule has 0 aliphatic heterocycles. The fraction of sp³-hybridized carbons (Fsp3) is 0.538. The van der Waals surface area contributed by atoms with Gasteiger partial charge in [-0.1, -0.05) is 6.07 Å². The van der Waals surface area contributed by atoms with Crippen molar-refractivity contribution in [2.45, 2.75) is 31.6 Å². The van der Waals surface area contributed by atoms with E-state index in [1.807, 2.05) is 6.92 Å². The molecule has 1 aromatic rings. The summed E-state index contributed by atoms with van der Waals surface area (Å²) in [7, 11) is 0. The molecule has 1 aromatic carbocycles. The third-order valence-electron chi connectivity index (χ3n) is 3.08. The van der Waals surface area contributed by atoms with E-state index in [9.17, 15) is 10.1 Å². The van der Waals surface area contributed by atoms with Gasteiger partial charge in [0.1, 0.15) is 0 Å². The van der Waals surface area contributed by atoms with Gasteiger partial charge in [0.15, 0.2) is 5.75 Å². The lowest BCUT2D eigenvalue weighted by Gasteiger charge is -2.10. The van der Waals surface area contributed by atoms with Crippen molar-refractivity contribution in [1.82, 2.24) is 0 Å². The van der Waals surface area contributed by atoms with E-state index >= 15 is 0 Å². The quantitative estimate of drug-likeness (QED) is 0.451. The van der Waals surface area contributed by atoms with Gasteiger partial charge in [0.2, 0.25) is 0 Å². The van der Waals surface area contributed by atoms with Crippen molar-refractivity contribution >= 4 is 17.3 Å². The lowest BCUT2D eigenvalue weighted by molar-refractivity contribution is -0.385. The number of benzene rings is 1. The minimum Gasteiger partial charge on any atom is -0.487 e. The molecule has 1 unspecified atom stereocenters. The van der Waals surface area contributed by atoms with Crippen LogP contribution < -0.4 is 4.74 Å². The van der Waals surface area contributed by atoms with Crippen LogP contribution in [-0.4, -0.2) is 16.9 Å². The van der Waals surface area contributed by atoms with Gasteiger partial charge in [-0.05, 0) is 43.7 Å². The number of hydrogen-bond acceptors (Lipinski definition) is 3. The third kappa shape index (κ3) is 3.13. The van der Waals surface area contributed by atoms with E-state index in [1.165, 1.54) is 18.9 Å². The van der Waals surface area contributed by atoms with Crippen LogP contribution in [0.3, 0.4) is 0 Å². The standard InChI is InChI=1S/C13H16ClNO3/c1-2-18-13-8-9(3-6-12(13)15(16)17)7-11(14)10-4-5-10/h3,6,8,10-11H,2,4-5,7H2,1H3. The summed E-state index contributed by atoms with van der Waals surface area (Å²) in [6, 6.07) is 4.99. The van der Waals surface area contributed by atoms with Crippen LogP contribution in [-0.2, 0) is 6.42 Å². The Labute approximate surface area is 111 Å². The van der Waals surface area contributed by atoms with Gasteiger partial charge < -0.3 is 4.74 Å². The Bertz CT molecular complexity index is 446. The number of alkyl halides is 1. The van der Waals surface area contributed by atoms with Crippen LogP contribution in [0.25, 0.3) is 0 Å². The molecule has 1 aliphatic carbocycles. The molecule has 0 aromatic heterocycles. The number of rotatable bonds is 6. The molecule has 1 fully saturated rings. The van der Waals surface area contributed by atoms with Gasteiger partial charge in [0.05, 0.1) is 11.5 Å². The van der Waals surface area contributed by atoms with E-state index in [2.05, 4.69) is 0 Å². The highest BCUT2D eigenvalue weighted by atomic mass is 35.5. The molecule has 98 valence electrons. The van der Waals surface area contributed by atoms with Gasteiger partial charge in [-0.2, -0.15) is 0 Å². The zero-order chi connectivity index (χ0) is 13.1. The predicted octanol–water partition coefficient (Wildman–Crippen LogP) is 3.55. The first kappa shape index (κ1) is 13.1. The Morgan fingerprint density at radius 3 is 2.83 bits per heavy atom. The molecular formula is C13H16ClNO3. The first-order chi connectivity index (χ1) is 8.61. The number of halogens is 1. The van der Waals surface area contributed by atoms with Crippen LogP contribution >= 0.6 is 11.6 Å². The van der Waals surface area contributed by atoms with Crippen molar-refractivity contribution in [3.63, 3.8) is 0 Å². The fourth-order valence-corrected chi connectivity index (χ4v) is 2.39. The maximum atomic E-state index is 10.8. The normalized spacial score (nSPS) is 16.3. The van der Waals surface area contributed by atoms with Gasteiger partial charge in [-0.25, -0.2) is 0 Å². The average molecular weight is 270 g/mol. The second-order valence-electron chi connectivity index (χ2n) is 4.55. The number of nitro benzene ring substituents is 1. The molecule has 0 bridgehead atoms. The molecule has 2 rings (SSSR count). The Morgan fingerprint density at radius 1 is 1.56 bits per heavy atom. The van der Waals surface area contributed by atoms with Crippen LogP contribution in [0.15, 0.2) is 18.2 Å². The molecule has 18 heavy (non-hydrogen) atoms. The van der Waals surface area contributed by atoms with Crippen LogP contribution in [0.1, 0.15) is 25.3 Å².